The second kappa shape index (κ2) is 6.05. The lowest BCUT2D eigenvalue weighted by Gasteiger charge is -2.09. The van der Waals surface area contributed by atoms with Crippen LogP contribution < -0.4 is 10.1 Å². The molecule has 0 saturated carbocycles. The lowest BCUT2D eigenvalue weighted by Crippen LogP contribution is -2.13. The minimum absolute atomic E-state index is 0.290. The minimum Gasteiger partial charge on any atom is -0.497 e. The first-order chi connectivity index (χ1) is 9.51. The predicted octanol–water partition coefficient (Wildman–Crippen LogP) is 4.16. The first-order valence-electron chi connectivity index (χ1n) is 5.92. The molecule has 0 bridgehead atoms. The van der Waals surface area contributed by atoms with Crippen molar-refractivity contribution >= 4 is 27.5 Å². The van der Waals surface area contributed by atoms with E-state index in [1.807, 2.05) is 0 Å². The van der Waals surface area contributed by atoms with Crippen LogP contribution in [-0.2, 0) is 0 Å². The van der Waals surface area contributed by atoms with Gasteiger partial charge in [-0.25, -0.2) is 4.39 Å². The van der Waals surface area contributed by atoms with Crippen molar-refractivity contribution in [3.05, 3.63) is 57.8 Å². The van der Waals surface area contributed by atoms with Crippen LogP contribution >= 0.6 is 15.9 Å². The number of hydrogen-bond acceptors (Lipinski definition) is 2. The summed E-state index contributed by atoms with van der Waals surface area (Å²) < 4.78 is 18.9. The number of amides is 1. The summed E-state index contributed by atoms with van der Waals surface area (Å²) in [5.41, 5.74) is 1.47. The summed E-state index contributed by atoms with van der Waals surface area (Å²) in [5, 5.41) is 2.73. The normalized spacial score (nSPS) is 10.2. The van der Waals surface area contributed by atoms with Gasteiger partial charge in [0.05, 0.1) is 12.7 Å². The Hall–Kier alpha value is -1.88. The van der Waals surface area contributed by atoms with Crippen molar-refractivity contribution in [2.75, 3.05) is 12.4 Å². The molecule has 0 aliphatic rings. The van der Waals surface area contributed by atoms with Gasteiger partial charge in [0.2, 0.25) is 0 Å². The molecule has 0 heterocycles. The summed E-state index contributed by atoms with van der Waals surface area (Å²) in [7, 11) is 1.54. The smallest absolute Gasteiger partial charge is 0.256 e. The van der Waals surface area contributed by atoms with Crippen molar-refractivity contribution in [2.24, 2.45) is 0 Å². The molecular weight excluding hydrogens is 325 g/mol. The van der Waals surface area contributed by atoms with Crippen molar-refractivity contribution in [1.29, 1.82) is 0 Å². The number of nitrogens with one attached hydrogen (secondary N) is 1. The van der Waals surface area contributed by atoms with E-state index in [4.69, 9.17) is 4.74 Å². The van der Waals surface area contributed by atoms with Gasteiger partial charge in [0, 0.05) is 10.2 Å². The monoisotopic (exact) mass is 337 g/mol. The van der Waals surface area contributed by atoms with E-state index in [2.05, 4.69) is 21.2 Å². The Labute approximate surface area is 124 Å². The molecular formula is C15H13BrFNO2. The molecule has 0 aliphatic heterocycles. The number of benzene rings is 2. The summed E-state index contributed by atoms with van der Waals surface area (Å²) in [6, 6.07) is 9.56. The van der Waals surface area contributed by atoms with Gasteiger partial charge in [0.25, 0.3) is 5.91 Å². The Bertz CT molecular complexity index is 658. The van der Waals surface area contributed by atoms with Gasteiger partial charge in [-0.2, -0.15) is 0 Å². The molecule has 1 amide bonds. The van der Waals surface area contributed by atoms with Gasteiger partial charge in [-0.3, -0.25) is 4.79 Å². The van der Waals surface area contributed by atoms with Crippen LogP contribution in [0.4, 0.5) is 10.1 Å². The van der Waals surface area contributed by atoms with Crippen LogP contribution in [0.25, 0.3) is 0 Å². The molecule has 3 nitrogen and oxygen atoms in total. The number of hydrogen-bond donors (Lipinski definition) is 1. The Balaban J connectivity index is 2.25. The maximum absolute atomic E-state index is 13.2. The molecule has 104 valence electrons. The first-order valence-corrected chi connectivity index (χ1v) is 6.71. The summed E-state index contributed by atoms with van der Waals surface area (Å²) in [6.45, 7) is 1.65. The number of ether oxygens (including phenoxy) is 1. The highest BCUT2D eigenvalue weighted by Crippen LogP contribution is 2.24. The molecule has 2 aromatic carbocycles. The predicted molar refractivity (Wildman–Crippen MR) is 79.8 cm³/mol. The quantitative estimate of drug-likeness (QED) is 0.913. The van der Waals surface area contributed by atoms with Crippen LogP contribution in [0, 0.1) is 12.7 Å². The highest BCUT2D eigenvalue weighted by molar-refractivity contribution is 9.10. The van der Waals surface area contributed by atoms with E-state index < -0.39 is 0 Å². The molecule has 0 atom stereocenters. The van der Waals surface area contributed by atoms with Crippen LogP contribution in [-0.4, -0.2) is 13.0 Å². The summed E-state index contributed by atoms with van der Waals surface area (Å²) in [6.07, 6.45) is 0. The number of methoxy groups -OCH3 is 1. The summed E-state index contributed by atoms with van der Waals surface area (Å²) >= 11 is 3.32. The molecule has 0 radical (unpaired) electrons. The van der Waals surface area contributed by atoms with Gasteiger partial charge in [0.15, 0.2) is 0 Å². The Morgan fingerprint density at radius 3 is 2.65 bits per heavy atom. The number of anilines is 1. The summed E-state index contributed by atoms with van der Waals surface area (Å²) in [5.74, 6) is 0.000907. The number of carbonyl (C=O) groups is 1. The zero-order valence-corrected chi connectivity index (χ0v) is 12.6. The molecule has 0 aliphatic carbocycles. The van der Waals surface area contributed by atoms with E-state index in [0.29, 0.717) is 27.0 Å². The molecule has 5 heteroatoms. The molecule has 2 aromatic rings. The second-order valence-electron chi connectivity index (χ2n) is 4.26. The van der Waals surface area contributed by atoms with Crippen molar-refractivity contribution in [3.8, 4) is 5.75 Å². The lowest BCUT2D eigenvalue weighted by molar-refractivity contribution is 0.102. The maximum atomic E-state index is 13.2. The van der Waals surface area contributed by atoms with Gasteiger partial charge < -0.3 is 10.1 Å². The molecule has 0 fully saturated rings. The van der Waals surface area contributed by atoms with E-state index in [1.54, 1.807) is 31.2 Å². The minimum atomic E-state index is -0.300. The molecule has 2 rings (SSSR count). The number of aryl methyl sites for hydroxylation is 1. The zero-order chi connectivity index (χ0) is 14.7. The molecule has 20 heavy (non-hydrogen) atoms. The van der Waals surface area contributed by atoms with Crippen molar-refractivity contribution in [3.63, 3.8) is 0 Å². The Kier molecular flexibility index (Phi) is 4.39. The van der Waals surface area contributed by atoms with Crippen LogP contribution in [0.3, 0.4) is 0 Å². The first kappa shape index (κ1) is 14.5. The van der Waals surface area contributed by atoms with Crippen molar-refractivity contribution in [2.45, 2.75) is 6.92 Å². The number of halogens is 2. The summed E-state index contributed by atoms with van der Waals surface area (Å²) in [4.78, 5) is 12.2. The van der Waals surface area contributed by atoms with E-state index in [0.717, 1.165) is 0 Å². The van der Waals surface area contributed by atoms with Gasteiger partial charge in [0.1, 0.15) is 11.6 Å². The average Bonchev–Trinajstić information content (AvgIpc) is 2.43. The van der Waals surface area contributed by atoms with Gasteiger partial charge >= 0.3 is 0 Å². The van der Waals surface area contributed by atoms with E-state index >= 15 is 0 Å². The van der Waals surface area contributed by atoms with Gasteiger partial charge in [-0.05, 0) is 64.8 Å². The van der Waals surface area contributed by atoms with Gasteiger partial charge in [-0.1, -0.05) is 0 Å². The van der Waals surface area contributed by atoms with Crippen LogP contribution in [0.1, 0.15) is 15.9 Å². The van der Waals surface area contributed by atoms with E-state index in [9.17, 15) is 9.18 Å². The highest BCUT2D eigenvalue weighted by atomic mass is 79.9. The van der Waals surface area contributed by atoms with E-state index in [-0.39, 0.29) is 11.7 Å². The maximum Gasteiger partial charge on any atom is 0.256 e. The third-order valence-electron chi connectivity index (χ3n) is 2.83. The fourth-order valence-electron chi connectivity index (χ4n) is 1.73. The molecule has 1 N–H and O–H groups in total. The standard InChI is InChI=1S/C15H13BrFNO2/c1-9-7-10(3-6-14(9)17)18-15(19)12-8-11(20-2)4-5-13(12)16/h3-8H,1-2H3,(H,18,19). The third-order valence-corrected chi connectivity index (χ3v) is 3.53. The second-order valence-corrected chi connectivity index (χ2v) is 5.12. The number of rotatable bonds is 3. The molecule has 0 spiro atoms. The lowest BCUT2D eigenvalue weighted by atomic mass is 10.1. The van der Waals surface area contributed by atoms with E-state index in [1.165, 1.54) is 19.2 Å². The fourth-order valence-corrected chi connectivity index (χ4v) is 2.15. The van der Waals surface area contributed by atoms with Crippen LogP contribution in [0.2, 0.25) is 0 Å². The SMILES string of the molecule is COc1ccc(Br)c(C(=O)Nc2ccc(F)c(C)c2)c1. The highest BCUT2D eigenvalue weighted by Gasteiger charge is 2.12. The fraction of sp³-hybridized carbons (Fsp3) is 0.133. The third kappa shape index (κ3) is 3.17. The van der Waals surface area contributed by atoms with Crippen molar-refractivity contribution in [1.82, 2.24) is 0 Å². The molecule has 0 saturated heterocycles. The average molecular weight is 338 g/mol. The van der Waals surface area contributed by atoms with Crippen molar-refractivity contribution < 1.29 is 13.9 Å². The van der Waals surface area contributed by atoms with Gasteiger partial charge in [-0.15, -0.1) is 0 Å². The van der Waals surface area contributed by atoms with Crippen LogP contribution in [0.5, 0.6) is 5.75 Å². The topological polar surface area (TPSA) is 38.3 Å². The van der Waals surface area contributed by atoms with Crippen LogP contribution in [0.15, 0.2) is 40.9 Å². The Morgan fingerprint density at radius 2 is 2.00 bits per heavy atom. The zero-order valence-electron chi connectivity index (χ0n) is 11.0. The largest absolute Gasteiger partial charge is 0.497 e. The Morgan fingerprint density at radius 1 is 1.25 bits per heavy atom. The molecule has 0 unspecified atom stereocenters. The number of carbonyl (C=O) groups excluding carboxylic acids is 1. The molecule has 0 aromatic heterocycles.